The number of aliphatic hydroxyl groups excluding tert-OH is 1. The van der Waals surface area contributed by atoms with Crippen molar-refractivity contribution in [2.45, 2.75) is 126 Å². The van der Waals surface area contributed by atoms with Crippen LogP contribution in [0.2, 0.25) is 36.3 Å². The van der Waals surface area contributed by atoms with Crippen LogP contribution in [0.4, 0.5) is 0 Å². The van der Waals surface area contributed by atoms with Crippen molar-refractivity contribution < 1.29 is 19.4 Å². The first-order valence-electron chi connectivity index (χ1n) is 10.9. The molecule has 0 spiro atoms. The molecule has 3 heterocycles. The molecule has 3 saturated heterocycles. The van der Waals surface area contributed by atoms with Gasteiger partial charge < -0.3 is 24.8 Å². The van der Waals surface area contributed by atoms with E-state index in [4.69, 9.17) is 4.74 Å². The minimum absolute atomic E-state index is 0.00459. The molecule has 3 aliphatic heterocycles. The number of nitrogens with one attached hydrogen (secondary N) is 1. The third kappa shape index (κ3) is 4.30. The largest absolute Gasteiger partial charge is 0.432 e. The van der Waals surface area contributed by atoms with Gasteiger partial charge in [-0.2, -0.15) is 0 Å². The molecule has 0 aromatic heterocycles. The predicted molar refractivity (Wildman–Crippen MR) is 117 cm³/mol. The molecule has 6 nitrogen and oxygen atoms in total. The van der Waals surface area contributed by atoms with E-state index in [1.807, 2.05) is 26.2 Å². The Kier molecular flexibility index (Phi) is 5.81. The summed E-state index contributed by atoms with van der Waals surface area (Å²) in [6, 6.07) is 1.17. The Bertz CT molecular complexity index is 588. The van der Waals surface area contributed by atoms with Crippen LogP contribution in [0.1, 0.15) is 53.4 Å². The van der Waals surface area contributed by atoms with Gasteiger partial charge in [0.05, 0.1) is 12.1 Å². The van der Waals surface area contributed by atoms with E-state index in [1.165, 1.54) is 0 Å². The minimum atomic E-state index is -2.20. The molecule has 0 radical (unpaired) electrons. The summed E-state index contributed by atoms with van der Waals surface area (Å²) in [5.74, 6) is 0. The SMILES string of the molecule is CC(C)(CCC1NC1C1OC(O)C2C(CCC(C)(C)[Si](C)(C)O)N12)[Si](C)(C)O. The molecule has 4 N–H and O–H groups in total. The van der Waals surface area contributed by atoms with E-state index in [9.17, 15) is 14.7 Å². The summed E-state index contributed by atoms with van der Waals surface area (Å²) in [4.78, 5) is 23.4. The van der Waals surface area contributed by atoms with E-state index < -0.39 is 22.9 Å². The Hall–Kier alpha value is 0.194. The molecule has 0 bridgehead atoms. The van der Waals surface area contributed by atoms with Gasteiger partial charge in [-0.05, 0) is 61.9 Å². The topological polar surface area (TPSA) is 94.9 Å². The number of aliphatic hydroxyl groups is 1. The Balaban J connectivity index is 1.50. The molecule has 0 aromatic carbocycles. The lowest BCUT2D eigenvalue weighted by atomic mass is 10.0. The van der Waals surface area contributed by atoms with Gasteiger partial charge in [-0.25, -0.2) is 0 Å². The van der Waals surface area contributed by atoms with Gasteiger partial charge in [0.2, 0.25) is 0 Å². The summed E-state index contributed by atoms with van der Waals surface area (Å²) in [7, 11) is -4.38. The van der Waals surface area contributed by atoms with Crippen molar-refractivity contribution in [2.24, 2.45) is 0 Å². The zero-order valence-electron chi connectivity index (χ0n) is 19.0. The lowest BCUT2D eigenvalue weighted by Gasteiger charge is -2.35. The first-order chi connectivity index (χ1) is 12.6. The van der Waals surface area contributed by atoms with Gasteiger partial charge >= 0.3 is 0 Å². The number of hydrogen-bond donors (Lipinski definition) is 4. The summed E-state index contributed by atoms with van der Waals surface area (Å²) in [6.45, 7) is 16.8. The smallest absolute Gasteiger partial charge is 0.188 e. The van der Waals surface area contributed by atoms with E-state index in [1.54, 1.807) is 0 Å². The first-order valence-corrected chi connectivity index (χ1v) is 16.8. The van der Waals surface area contributed by atoms with E-state index >= 15 is 0 Å². The standard InChI is InChI=1S/C20H42N2O4Si2/c1-19(2,27(5,6)24)11-9-13-15(21-13)17-22-14(16(22)18(23)26-17)10-12-20(3,4)28(7,8)25/h13-18,21,23-25H,9-12H2,1-8H3. The van der Waals surface area contributed by atoms with Gasteiger partial charge in [0, 0.05) is 12.1 Å². The second kappa shape index (κ2) is 7.12. The molecule has 3 rings (SSSR count). The highest BCUT2D eigenvalue weighted by Gasteiger charge is 2.66. The maximum Gasteiger partial charge on any atom is 0.188 e. The monoisotopic (exact) mass is 430 g/mol. The van der Waals surface area contributed by atoms with E-state index in [0.717, 1.165) is 25.7 Å². The van der Waals surface area contributed by atoms with Crippen LogP contribution < -0.4 is 5.32 Å². The van der Waals surface area contributed by atoms with Crippen molar-refractivity contribution in [3.8, 4) is 0 Å². The van der Waals surface area contributed by atoms with Crippen LogP contribution in [0, 0.1) is 0 Å². The molecule has 0 aromatic rings. The van der Waals surface area contributed by atoms with Crippen LogP contribution in [0.3, 0.4) is 0 Å². The molecule has 28 heavy (non-hydrogen) atoms. The third-order valence-electron chi connectivity index (χ3n) is 8.39. The quantitative estimate of drug-likeness (QED) is 0.332. The van der Waals surface area contributed by atoms with Crippen molar-refractivity contribution in [3.05, 3.63) is 0 Å². The maximum absolute atomic E-state index is 10.5. The van der Waals surface area contributed by atoms with Gasteiger partial charge in [0.1, 0.15) is 6.23 Å². The molecular weight excluding hydrogens is 388 g/mol. The van der Waals surface area contributed by atoms with Gasteiger partial charge in [-0.1, -0.05) is 27.7 Å². The van der Waals surface area contributed by atoms with Crippen LogP contribution in [-0.2, 0) is 4.74 Å². The van der Waals surface area contributed by atoms with Gasteiger partial charge in [-0.3, -0.25) is 4.90 Å². The molecule has 0 amide bonds. The summed E-state index contributed by atoms with van der Waals surface area (Å²) in [5.41, 5.74) is 0. The third-order valence-corrected chi connectivity index (χ3v) is 15.5. The number of fused-ring (bicyclic) bond motifs is 1. The van der Waals surface area contributed by atoms with Crippen molar-refractivity contribution in [2.75, 3.05) is 0 Å². The van der Waals surface area contributed by atoms with Crippen LogP contribution in [0.5, 0.6) is 0 Å². The van der Waals surface area contributed by atoms with Crippen LogP contribution in [-0.4, -0.2) is 72.9 Å². The van der Waals surface area contributed by atoms with Crippen molar-refractivity contribution in [1.29, 1.82) is 0 Å². The second-order valence-corrected chi connectivity index (χ2v) is 20.6. The minimum Gasteiger partial charge on any atom is -0.432 e. The fraction of sp³-hybridized carbons (Fsp3) is 1.00. The Labute approximate surface area is 172 Å². The predicted octanol–water partition coefficient (Wildman–Crippen LogP) is 2.57. The molecule has 3 fully saturated rings. The summed E-state index contributed by atoms with van der Waals surface area (Å²) < 4.78 is 5.84. The Morgan fingerprint density at radius 1 is 0.929 bits per heavy atom. The lowest BCUT2D eigenvalue weighted by Crippen LogP contribution is -2.39. The fourth-order valence-corrected chi connectivity index (χ4v) is 5.78. The molecule has 0 aliphatic carbocycles. The molecule has 7 unspecified atom stereocenters. The van der Waals surface area contributed by atoms with E-state index in [-0.39, 0.29) is 28.4 Å². The van der Waals surface area contributed by atoms with Crippen molar-refractivity contribution in [3.63, 3.8) is 0 Å². The molecule has 3 aliphatic rings. The van der Waals surface area contributed by atoms with E-state index in [0.29, 0.717) is 12.1 Å². The van der Waals surface area contributed by atoms with Crippen LogP contribution in [0.25, 0.3) is 0 Å². The van der Waals surface area contributed by atoms with Gasteiger partial charge in [-0.15, -0.1) is 0 Å². The number of rotatable bonds is 9. The molecule has 0 saturated carbocycles. The number of ether oxygens (including phenoxy) is 1. The highest BCUT2D eigenvalue weighted by Crippen LogP contribution is 2.50. The normalized spacial score (nSPS) is 38.5. The van der Waals surface area contributed by atoms with Crippen molar-refractivity contribution in [1.82, 2.24) is 10.2 Å². The lowest BCUT2D eigenvalue weighted by molar-refractivity contribution is -0.118. The molecule has 7 atom stereocenters. The first kappa shape index (κ1) is 22.9. The fourth-order valence-electron chi connectivity index (χ4n) is 4.27. The molecule has 8 heteroatoms. The van der Waals surface area contributed by atoms with E-state index in [2.05, 4.69) is 37.9 Å². The molecular formula is C20H42N2O4Si2. The number of hydrogen-bond acceptors (Lipinski definition) is 6. The highest BCUT2D eigenvalue weighted by atomic mass is 28.4. The zero-order valence-corrected chi connectivity index (χ0v) is 21.0. The summed E-state index contributed by atoms with van der Waals surface area (Å²) in [5, 5.41) is 13.9. The second-order valence-electron chi connectivity index (χ2n) is 11.7. The summed E-state index contributed by atoms with van der Waals surface area (Å²) >= 11 is 0. The van der Waals surface area contributed by atoms with Gasteiger partial charge in [0.25, 0.3) is 0 Å². The van der Waals surface area contributed by atoms with Crippen LogP contribution in [0.15, 0.2) is 0 Å². The van der Waals surface area contributed by atoms with Gasteiger partial charge in [0.15, 0.2) is 22.9 Å². The van der Waals surface area contributed by atoms with Crippen LogP contribution >= 0.6 is 0 Å². The zero-order chi connectivity index (χ0) is 21.3. The average Bonchev–Trinajstić information content (AvgIpc) is 3.40. The number of nitrogens with zero attached hydrogens (tertiary/aromatic N) is 1. The highest BCUT2D eigenvalue weighted by molar-refractivity contribution is 6.73. The maximum atomic E-state index is 10.5. The Morgan fingerprint density at radius 2 is 1.43 bits per heavy atom. The van der Waals surface area contributed by atoms with Crippen molar-refractivity contribution >= 4 is 16.6 Å². The summed E-state index contributed by atoms with van der Waals surface area (Å²) in [6.07, 6.45) is 3.28. The average molecular weight is 431 g/mol. The Morgan fingerprint density at radius 3 is 1.93 bits per heavy atom. The molecule has 164 valence electrons.